The molecule has 7 heteroatoms. The van der Waals surface area contributed by atoms with Crippen LogP contribution in [0.2, 0.25) is 10.3 Å². The van der Waals surface area contributed by atoms with Gasteiger partial charge < -0.3 is 0 Å². The lowest BCUT2D eigenvalue weighted by atomic mass is 10.2. The smallest absolute Gasteiger partial charge is 0.162 e. The molecule has 0 aliphatic rings. The third-order valence-electron chi connectivity index (χ3n) is 1.95. The molecule has 0 spiro atoms. The number of hydrogen-bond donors (Lipinski definition) is 0. The lowest BCUT2D eigenvalue weighted by Gasteiger charge is -2.04. The normalized spacial score (nSPS) is 10.6. The van der Waals surface area contributed by atoms with Crippen molar-refractivity contribution in [3.05, 3.63) is 43.3 Å². The van der Waals surface area contributed by atoms with Gasteiger partial charge in [-0.25, -0.2) is 14.4 Å². The van der Waals surface area contributed by atoms with Crippen molar-refractivity contribution in [1.82, 2.24) is 9.97 Å². The Morgan fingerprint density at radius 3 is 2.18 bits per heavy atom. The van der Waals surface area contributed by atoms with E-state index in [0.29, 0.717) is 20.3 Å². The second-order valence-corrected chi connectivity index (χ2v) is 5.44. The first-order chi connectivity index (χ1) is 7.99. The van der Waals surface area contributed by atoms with Crippen molar-refractivity contribution in [2.24, 2.45) is 0 Å². The van der Waals surface area contributed by atoms with E-state index in [2.05, 4.69) is 41.8 Å². The van der Waals surface area contributed by atoms with Gasteiger partial charge in [-0.15, -0.1) is 0 Å². The molecule has 1 aromatic heterocycles. The topological polar surface area (TPSA) is 25.8 Å². The molecule has 2 rings (SSSR count). The van der Waals surface area contributed by atoms with Crippen molar-refractivity contribution in [2.45, 2.75) is 0 Å². The molecule has 0 aliphatic carbocycles. The van der Waals surface area contributed by atoms with Crippen LogP contribution < -0.4 is 0 Å². The number of hydrogen-bond acceptors (Lipinski definition) is 2. The van der Waals surface area contributed by atoms with E-state index in [1.165, 1.54) is 6.07 Å². The predicted octanol–water partition coefficient (Wildman–Crippen LogP) is 5.11. The maximum absolute atomic E-state index is 13.1. The highest BCUT2D eigenvalue weighted by molar-refractivity contribution is 9.10. The number of rotatable bonds is 1. The Hall–Kier alpha value is -0.230. The maximum Gasteiger partial charge on any atom is 0.162 e. The Morgan fingerprint density at radius 2 is 1.65 bits per heavy atom. The zero-order valence-electron chi connectivity index (χ0n) is 8.02. The van der Waals surface area contributed by atoms with Gasteiger partial charge in [-0.05, 0) is 50.1 Å². The lowest BCUT2D eigenvalue weighted by molar-refractivity contribution is 0.621. The highest BCUT2D eigenvalue weighted by atomic mass is 79.9. The Balaban J connectivity index is 2.57. The molecule has 88 valence electrons. The van der Waals surface area contributed by atoms with Crippen molar-refractivity contribution in [1.29, 1.82) is 0 Å². The van der Waals surface area contributed by atoms with Crippen LogP contribution in [0, 0.1) is 5.82 Å². The van der Waals surface area contributed by atoms with Crippen LogP contribution in [0.1, 0.15) is 0 Å². The van der Waals surface area contributed by atoms with Crippen LogP contribution in [-0.4, -0.2) is 9.97 Å². The van der Waals surface area contributed by atoms with Crippen molar-refractivity contribution in [3.63, 3.8) is 0 Å². The maximum atomic E-state index is 13.1. The highest BCUT2D eigenvalue weighted by Gasteiger charge is 2.11. The fourth-order valence-corrected chi connectivity index (χ4v) is 2.10. The first-order valence-corrected chi connectivity index (χ1v) is 6.67. The molecule has 2 nitrogen and oxygen atoms in total. The fraction of sp³-hybridized carbons (Fsp3) is 0. The van der Waals surface area contributed by atoms with E-state index in [9.17, 15) is 4.39 Å². The zero-order chi connectivity index (χ0) is 12.6. The van der Waals surface area contributed by atoms with Crippen LogP contribution in [0.4, 0.5) is 4.39 Å². The Bertz CT molecular complexity index is 570. The second-order valence-electron chi connectivity index (χ2n) is 3.07. The van der Waals surface area contributed by atoms with E-state index < -0.39 is 0 Å². The molecule has 0 unspecified atom stereocenters. The van der Waals surface area contributed by atoms with Gasteiger partial charge in [-0.2, -0.15) is 0 Å². The molecule has 0 atom stereocenters. The molecular weight excluding hydrogens is 398 g/mol. The molecular formula is C10H3Br2Cl2FN2. The number of nitrogens with zero attached hydrogens (tertiary/aromatic N) is 2. The summed E-state index contributed by atoms with van der Waals surface area (Å²) < 4.78 is 13.9. The van der Waals surface area contributed by atoms with Crippen molar-refractivity contribution in [3.8, 4) is 11.4 Å². The third kappa shape index (κ3) is 2.78. The largest absolute Gasteiger partial charge is 0.215 e. The van der Waals surface area contributed by atoms with Gasteiger partial charge in [0.05, 0.1) is 8.95 Å². The van der Waals surface area contributed by atoms with Gasteiger partial charge in [0.2, 0.25) is 0 Å². The first kappa shape index (κ1) is 13.2. The van der Waals surface area contributed by atoms with Gasteiger partial charge in [0.25, 0.3) is 0 Å². The average molecular weight is 401 g/mol. The minimum atomic E-state index is -0.358. The summed E-state index contributed by atoms with van der Waals surface area (Å²) in [6.45, 7) is 0. The SMILES string of the molecule is Fc1ccc(-c2nc(Cl)c(Br)c(Cl)n2)cc1Br. The highest BCUT2D eigenvalue weighted by Crippen LogP contribution is 2.31. The van der Waals surface area contributed by atoms with Gasteiger partial charge >= 0.3 is 0 Å². The monoisotopic (exact) mass is 398 g/mol. The van der Waals surface area contributed by atoms with E-state index in [0.717, 1.165) is 0 Å². The molecule has 1 heterocycles. The van der Waals surface area contributed by atoms with E-state index in [-0.39, 0.29) is 16.1 Å². The molecule has 0 amide bonds. The summed E-state index contributed by atoms with van der Waals surface area (Å²) in [5, 5.41) is 0.417. The van der Waals surface area contributed by atoms with Gasteiger partial charge in [0.1, 0.15) is 16.1 Å². The van der Waals surface area contributed by atoms with E-state index in [1.54, 1.807) is 12.1 Å². The van der Waals surface area contributed by atoms with E-state index in [4.69, 9.17) is 23.2 Å². The van der Waals surface area contributed by atoms with Crippen LogP contribution >= 0.6 is 55.1 Å². The number of benzene rings is 1. The van der Waals surface area contributed by atoms with Gasteiger partial charge in [-0.3, -0.25) is 0 Å². The molecule has 2 aromatic rings. The number of aromatic nitrogens is 2. The second kappa shape index (κ2) is 5.18. The van der Waals surface area contributed by atoms with E-state index in [1.807, 2.05) is 0 Å². The molecule has 0 saturated heterocycles. The van der Waals surface area contributed by atoms with Crippen molar-refractivity contribution >= 4 is 55.1 Å². The van der Waals surface area contributed by atoms with Crippen LogP contribution in [0.3, 0.4) is 0 Å². The summed E-state index contributed by atoms with van der Waals surface area (Å²) in [6, 6.07) is 4.42. The van der Waals surface area contributed by atoms with Crippen LogP contribution in [-0.2, 0) is 0 Å². The summed E-state index contributed by atoms with van der Waals surface area (Å²) >= 11 is 18.0. The summed E-state index contributed by atoms with van der Waals surface area (Å²) in [6.07, 6.45) is 0. The van der Waals surface area contributed by atoms with Crippen LogP contribution in [0.25, 0.3) is 11.4 Å². The van der Waals surface area contributed by atoms with Crippen LogP contribution in [0.5, 0.6) is 0 Å². The molecule has 1 aromatic carbocycles. The minimum Gasteiger partial charge on any atom is -0.215 e. The summed E-state index contributed by atoms with van der Waals surface area (Å²) in [4.78, 5) is 8.11. The Labute approximate surface area is 123 Å². The van der Waals surface area contributed by atoms with Crippen molar-refractivity contribution < 1.29 is 4.39 Å². The average Bonchev–Trinajstić information content (AvgIpc) is 2.29. The van der Waals surface area contributed by atoms with Gasteiger partial charge in [-0.1, -0.05) is 23.2 Å². The van der Waals surface area contributed by atoms with Gasteiger partial charge in [0, 0.05) is 5.56 Å². The number of halogens is 5. The minimum absolute atomic E-state index is 0.209. The first-order valence-electron chi connectivity index (χ1n) is 4.33. The molecule has 0 fully saturated rings. The van der Waals surface area contributed by atoms with Gasteiger partial charge in [0.15, 0.2) is 5.82 Å². The predicted molar refractivity (Wildman–Crippen MR) is 72.8 cm³/mol. The quantitative estimate of drug-likeness (QED) is 0.621. The lowest BCUT2D eigenvalue weighted by Crippen LogP contribution is -1.92. The summed E-state index contributed by atoms with van der Waals surface area (Å²) in [5.74, 6) is -0.0213. The zero-order valence-corrected chi connectivity index (χ0v) is 12.7. The molecule has 0 saturated carbocycles. The Kier molecular flexibility index (Phi) is 4.02. The summed E-state index contributed by atoms with van der Waals surface area (Å²) in [5.41, 5.74) is 0.620. The standard InChI is InChI=1S/C10H3Br2Cl2FN2/c11-5-3-4(1-2-6(5)15)10-16-8(13)7(12)9(14)17-10/h1-3H. The van der Waals surface area contributed by atoms with Crippen LogP contribution in [0.15, 0.2) is 27.1 Å². The molecule has 17 heavy (non-hydrogen) atoms. The van der Waals surface area contributed by atoms with E-state index >= 15 is 0 Å². The summed E-state index contributed by atoms with van der Waals surface area (Å²) in [7, 11) is 0. The third-order valence-corrected chi connectivity index (χ3v) is 4.31. The molecule has 0 bridgehead atoms. The fourth-order valence-electron chi connectivity index (χ4n) is 1.16. The molecule has 0 N–H and O–H groups in total. The Morgan fingerprint density at radius 1 is 1.06 bits per heavy atom. The van der Waals surface area contributed by atoms with Crippen molar-refractivity contribution in [2.75, 3.05) is 0 Å². The molecule has 0 radical (unpaired) electrons. The molecule has 0 aliphatic heterocycles.